The zero-order valence-electron chi connectivity index (χ0n) is 9.19. The molecule has 0 bridgehead atoms. The average Bonchev–Trinajstić information content (AvgIpc) is 2.37. The van der Waals surface area contributed by atoms with Crippen molar-refractivity contribution in [3.63, 3.8) is 0 Å². The normalized spacial score (nSPS) is 11.4. The van der Waals surface area contributed by atoms with Crippen molar-refractivity contribution in [2.45, 2.75) is 19.1 Å². The van der Waals surface area contributed by atoms with Crippen molar-refractivity contribution in [2.24, 2.45) is 5.11 Å². The van der Waals surface area contributed by atoms with Crippen molar-refractivity contribution in [3.8, 4) is 0 Å². The van der Waals surface area contributed by atoms with Gasteiger partial charge in [-0.2, -0.15) is 0 Å². The predicted molar refractivity (Wildman–Crippen MR) is 60.9 cm³/mol. The minimum Gasteiger partial charge on any atom is -0.461 e. The molecule has 0 spiro atoms. The van der Waals surface area contributed by atoms with E-state index < -0.39 is 12.0 Å². The minimum absolute atomic E-state index is 0.118. The molecule has 6 heteroatoms. The van der Waals surface area contributed by atoms with Crippen LogP contribution >= 0.6 is 0 Å². The Kier molecular flexibility index (Phi) is 5.57. The molecule has 6 nitrogen and oxygen atoms in total. The Bertz CT molecular complexity index is 402. The Hall–Kier alpha value is -2.04. The number of benzene rings is 1. The van der Waals surface area contributed by atoms with Gasteiger partial charge >= 0.3 is 5.97 Å². The van der Waals surface area contributed by atoms with Crippen LogP contribution in [0, 0.1) is 0 Å². The lowest BCUT2D eigenvalue weighted by Crippen LogP contribution is -2.17. The summed E-state index contributed by atoms with van der Waals surface area (Å²) in [6.45, 7) is -0.196. The molecule has 0 saturated carbocycles. The summed E-state index contributed by atoms with van der Waals surface area (Å²) in [5.41, 5.74) is 9.06. The molecule has 0 aliphatic rings. The predicted octanol–water partition coefficient (Wildman–Crippen LogP) is 1.79. The van der Waals surface area contributed by atoms with Gasteiger partial charge in [0.15, 0.2) is 0 Å². The lowest BCUT2D eigenvalue weighted by molar-refractivity contribution is -0.145. The maximum Gasteiger partial charge on any atom is 0.306 e. The first-order valence-electron chi connectivity index (χ1n) is 5.11. The first-order chi connectivity index (χ1) is 8.26. The van der Waals surface area contributed by atoms with Crippen LogP contribution < -0.4 is 0 Å². The standard InChI is InChI=1S/C11H13N3O3/c12-14-13-10(7-15)6-11(16)17-8-9-4-2-1-3-5-9/h1-5,10,15H,6-8H2/t10-/m0/s1. The third-order valence-corrected chi connectivity index (χ3v) is 2.07. The van der Waals surface area contributed by atoms with Crippen molar-refractivity contribution in [1.82, 2.24) is 0 Å². The molecular weight excluding hydrogens is 222 g/mol. The molecule has 1 atom stereocenters. The Morgan fingerprint density at radius 2 is 2.18 bits per heavy atom. The zero-order valence-corrected chi connectivity index (χ0v) is 9.19. The molecule has 17 heavy (non-hydrogen) atoms. The molecule has 0 aliphatic heterocycles. The molecule has 0 radical (unpaired) electrons. The first kappa shape index (κ1) is 13.0. The smallest absolute Gasteiger partial charge is 0.306 e. The van der Waals surface area contributed by atoms with Crippen LogP contribution in [0.2, 0.25) is 0 Å². The highest BCUT2D eigenvalue weighted by Crippen LogP contribution is 2.04. The molecule has 0 unspecified atom stereocenters. The number of nitrogens with zero attached hydrogens (tertiary/aromatic N) is 3. The molecular formula is C11H13N3O3. The largest absolute Gasteiger partial charge is 0.461 e. The number of aliphatic hydroxyl groups is 1. The summed E-state index contributed by atoms with van der Waals surface area (Å²) < 4.78 is 4.97. The SMILES string of the molecule is [N-]=[N+]=N[C@H](CO)CC(=O)OCc1ccccc1. The second-order valence-corrected chi connectivity index (χ2v) is 3.39. The van der Waals surface area contributed by atoms with Crippen LogP contribution in [0.15, 0.2) is 35.4 Å². The van der Waals surface area contributed by atoms with Crippen LogP contribution in [0.1, 0.15) is 12.0 Å². The van der Waals surface area contributed by atoms with Gasteiger partial charge in [0, 0.05) is 4.91 Å². The summed E-state index contributed by atoms with van der Waals surface area (Å²) in [5.74, 6) is -0.500. The molecule has 0 aromatic heterocycles. The number of esters is 1. The number of hydrogen-bond acceptors (Lipinski definition) is 4. The van der Waals surface area contributed by atoms with Crippen LogP contribution in [-0.2, 0) is 16.1 Å². The van der Waals surface area contributed by atoms with Gasteiger partial charge in [0.1, 0.15) is 6.61 Å². The van der Waals surface area contributed by atoms with Crippen LogP contribution in [0.25, 0.3) is 10.4 Å². The number of azide groups is 1. The van der Waals surface area contributed by atoms with Crippen LogP contribution in [0.3, 0.4) is 0 Å². The van der Waals surface area contributed by atoms with Crippen LogP contribution in [0.4, 0.5) is 0 Å². The fourth-order valence-corrected chi connectivity index (χ4v) is 1.20. The molecule has 1 N–H and O–H groups in total. The van der Waals surface area contributed by atoms with Crippen molar-refractivity contribution < 1.29 is 14.6 Å². The number of ether oxygens (including phenoxy) is 1. The molecule has 1 aromatic rings. The van der Waals surface area contributed by atoms with Gasteiger partial charge in [-0.25, -0.2) is 0 Å². The summed E-state index contributed by atoms with van der Waals surface area (Å²) >= 11 is 0. The van der Waals surface area contributed by atoms with Crippen molar-refractivity contribution in [2.75, 3.05) is 6.61 Å². The van der Waals surface area contributed by atoms with E-state index in [1.54, 1.807) is 0 Å². The second kappa shape index (κ2) is 7.27. The van der Waals surface area contributed by atoms with Crippen LogP contribution in [0.5, 0.6) is 0 Å². The Labute approximate surface area is 98.5 Å². The van der Waals surface area contributed by atoms with Crippen molar-refractivity contribution >= 4 is 5.97 Å². The maximum atomic E-state index is 11.3. The van der Waals surface area contributed by atoms with Gasteiger partial charge in [0.2, 0.25) is 0 Å². The van der Waals surface area contributed by atoms with Crippen LogP contribution in [-0.4, -0.2) is 23.7 Å². The summed E-state index contributed by atoms with van der Waals surface area (Å²) in [4.78, 5) is 13.9. The van der Waals surface area contributed by atoms with E-state index in [0.717, 1.165) is 5.56 Å². The first-order valence-corrected chi connectivity index (χ1v) is 5.11. The average molecular weight is 235 g/mol. The van der Waals surface area contributed by atoms with Gasteiger partial charge in [0.25, 0.3) is 0 Å². The highest BCUT2D eigenvalue weighted by molar-refractivity contribution is 5.70. The molecule has 0 aliphatic carbocycles. The summed E-state index contributed by atoms with van der Waals surface area (Å²) in [6.07, 6.45) is -0.118. The molecule has 0 amide bonds. The van der Waals surface area contributed by atoms with Gasteiger partial charge in [-0.05, 0) is 11.1 Å². The fourth-order valence-electron chi connectivity index (χ4n) is 1.20. The van der Waals surface area contributed by atoms with Crippen molar-refractivity contribution in [3.05, 3.63) is 46.3 Å². The molecule has 1 aromatic carbocycles. The maximum absolute atomic E-state index is 11.3. The van der Waals surface area contributed by atoms with Gasteiger partial charge in [0.05, 0.1) is 19.1 Å². The number of aliphatic hydroxyl groups excluding tert-OH is 1. The Morgan fingerprint density at radius 1 is 1.47 bits per heavy atom. The van der Waals surface area contributed by atoms with E-state index in [2.05, 4.69) is 10.0 Å². The fraction of sp³-hybridized carbons (Fsp3) is 0.364. The Balaban J connectivity index is 2.37. The summed E-state index contributed by atoms with van der Waals surface area (Å²) in [7, 11) is 0. The Morgan fingerprint density at radius 3 is 2.76 bits per heavy atom. The number of hydrogen-bond donors (Lipinski definition) is 1. The van der Waals surface area contributed by atoms with Gasteiger partial charge in [-0.15, -0.1) is 0 Å². The highest BCUT2D eigenvalue weighted by Gasteiger charge is 2.12. The number of carbonyl (C=O) groups is 1. The van der Waals surface area contributed by atoms with E-state index in [0.29, 0.717) is 0 Å². The van der Waals surface area contributed by atoms with E-state index in [-0.39, 0.29) is 19.6 Å². The van der Waals surface area contributed by atoms with E-state index in [1.807, 2.05) is 30.3 Å². The third-order valence-electron chi connectivity index (χ3n) is 2.07. The molecule has 0 saturated heterocycles. The van der Waals surface area contributed by atoms with Gasteiger partial charge in [-0.3, -0.25) is 4.79 Å². The lowest BCUT2D eigenvalue weighted by Gasteiger charge is -2.07. The molecule has 1 rings (SSSR count). The molecule has 90 valence electrons. The van der Waals surface area contributed by atoms with E-state index >= 15 is 0 Å². The number of rotatable bonds is 6. The monoisotopic (exact) mass is 235 g/mol. The quantitative estimate of drug-likeness (QED) is 0.352. The number of carbonyl (C=O) groups excluding carboxylic acids is 1. The molecule has 0 fully saturated rings. The third kappa shape index (κ3) is 5.01. The lowest BCUT2D eigenvalue weighted by atomic mass is 10.2. The van der Waals surface area contributed by atoms with Crippen molar-refractivity contribution in [1.29, 1.82) is 0 Å². The van der Waals surface area contributed by atoms with E-state index in [1.165, 1.54) is 0 Å². The van der Waals surface area contributed by atoms with Gasteiger partial charge in [-0.1, -0.05) is 35.4 Å². The van der Waals surface area contributed by atoms with E-state index in [9.17, 15) is 4.79 Å². The highest BCUT2D eigenvalue weighted by atomic mass is 16.5. The van der Waals surface area contributed by atoms with Gasteiger partial charge < -0.3 is 9.84 Å². The van der Waals surface area contributed by atoms with E-state index in [4.69, 9.17) is 15.4 Å². The second-order valence-electron chi connectivity index (χ2n) is 3.39. The summed E-state index contributed by atoms with van der Waals surface area (Å²) in [5, 5.41) is 12.1. The topological polar surface area (TPSA) is 95.3 Å². The molecule has 0 heterocycles. The minimum atomic E-state index is -0.761. The zero-order chi connectivity index (χ0) is 12.5. The summed E-state index contributed by atoms with van der Waals surface area (Å²) in [6, 6.07) is 8.48.